The van der Waals surface area contributed by atoms with Gasteiger partial charge in [0.05, 0.1) is 24.5 Å². The van der Waals surface area contributed by atoms with Gasteiger partial charge < -0.3 is 9.26 Å². The first-order chi connectivity index (χ1) is 9.76. The Morgan fingerprint density at radius 2 is 2.30 bits per heavy atom. The van der Waals surface area contributed by atoms with Gasteiger partial charge in [0.15, 0.2) is 5.82 Å². The predicted molar refractivity (Wildman–Crippen MR) is 71.2 cm³/mol. The number of para-hydroxylation sites is 1. The summed E-state index contributed by atoms with van der Waals surface area (Å²) in [6, 6.07) is 10.2. The Labute approximate surface area is 117 Å². The van der Waals surface area contributed by atoms with Crippen LogP contribution in [0.25, 0.3) is 0 Å². The summed E-state index contributed by atoms with van der Waals surface area (Å²) in [6.07, 6.45) is 1.34. The largest absolute Gasteiger partial charge is 0.493 e. The number of nitriles is 1. The molecule has 0 N–H and O–H groups in total. The van der Waals surface area contributed by atoms with Crippen molar-refractivity contribution in [1.29, 1.82) is 5.26 Å². The van der Waals surface area contributed by atoms with Crippen LogP contribution in [-0.4, -0.2) is 16.7 Å². The zero-order chi connectivity index (χ0) is 13.9. The topological polar surface area (TPSA) is 71.9 Å². The van der Waals surface area contributed by atoms with Crippen molar-refractivity contribution in [3.63, 3.8) is 0 Å². The third-order valence-corrected chi connectivity index (χ3v) is 3.43. The molecule has 0 fully saturated rings. The van der Waals surface area contributed by atoms with E-state index in [0.717, 1.165) is 12.2 Å². The summed E-state index contributed by atoms with van der Waals surface area (Å²) in [6.45, 7) is 2.40. The molecule has 2 aromatic rings. The van der Waals surface area contributed by atoms with Gasteiger partial charge in [0, 0.05) is 6.42 Å². The van der Waals surface area contributed by atoms with Crippen LogP contribution in [0.5, 0.6) is 5.75 Å². The zero-order valence-electron chi connectivity index (χ0n) is 11.2. The molecule has 102 valence electrons. The highest BCUT2D eigenvalue weighted by atomic mass is 16.5. The first-order valence-corrected chi connectivity index (χ1v) is 6.69. The summed E-state index contributed by atoms with van der Waals surface area (Å²) in [7, 11) is 0. The molecule has 0 spiro atoms. The number of benzene rings is 1. The van der Waals surface area contributed by atoms with Crippen molar-refractivity contribution in [2.24, 2.45) is 5.92 Å². The lowest BCUT2D eigenvalue weighted by Gasteiger charge is -2.22. The van der Waals surface area contributed by atoms with Gasteiger partial charge in [-0.2, -0.15) is 10.2 Å². The minimum atomic E-state index is -0.119. The fourth-order valence-electron chi connectivity index (χ4n) is 2.32. The number of ether oxygens (including phenoxy) is 1. The van der Waals surface area contributed by atoms with Gasteiger partial charge in [0.1, 0.15) is 5.75 Å². The molecule has 2 heterocycles. The molecule has 3 rings (SSSR count). The van der Waals surface area contributed by atoms with E-state index in [4.69, 9.17) is 14.5 Å². The Hall–Kier alpha value is -2.35. The second-order valence-corrected chi connectivity index (χ2v) is 5.10. The Bertz CT molecular complexity index is 645. The second-order valence-electron chi connectivity index (χ2n) is 5.10. The molecular weight excluding hydrogens is 254 g/mol. The molecule has 1 aromatic carbocycles. The fourth-order valence-corrected chi connectivity index (χ4v) is 2.32. The van der Waals surface area contributed by atoms with Crippen molar-refractivity contribution < 1.29 is 9.26 Å². The molecule has 1 aromatic heterocycles. The maximum absolute atomic E-state index is 8.80. The molecule has 0 saturated heterocycles. The lowest BCUT2D eigenvalue weighted by atomic mass is 9.96. The van der Waals surface area contributed by atoms with E-state index < -0.39 is 0 Å². The maximum Gasteiger partial charge on any atom is 0.227 e. The van der Waals surface area contributed by atoms with Crippen LogP contribution < -0.4 is 4.74 Å². The number of hydrogen-bond donors (Lipinski definition) is 0. The molecule has 2 atom stereocenters. The summed E-state index contributed by atoms with van der Waals surface area (Å²) in [5.74, 6) is 2.12. The van der Waals surface area contributed by atoms with Crippen molar-refractivity contribution in [2.75, 3.05) is 6.61 Å². The number of fused-ring (bicyclic) bond motifs is 1. The SMILES string of the molecule is CC(C#N)Cc1nc(C2COc3ccccc3C2)no1. The van der Waals surface area contributed by atoms with E-state index in [-0.39, 0.29) is 11.8 Å². The predicted octanol–water partition coefficient (Wildman–Crippen LogP) is 2.49. The maximum atomic E-state index is 8.80. The molecule has 0 bridgehead atoms. The van der Waals surface area contributed by atoms with Gasteiger partial charge in [0.2, 0.25) is 5.89 Å². The molecular formula is C15H15N3O2. The molecule has 1 aliphatic heterocycles. The van der Waals surface area contributed by atoms with Crippen LogP contribution in [0.3, 0.4) is 0 Å². The van der Waals surface area contributed by atoms with Crippen LogP contribution in [-0.2, 0) is 12.8 Å². The van der Waals surface area contributed by atoms with E-state index in [1.165, 1.54) is 5.56 Å². The Morgan fingerprint density at radius 1 is 1.45 bits per heavy atom. The summed E-state index contributed by atoms with van der Waals surface area (Å²) < 4.78 is 10.9. The Morgan fingerprint density at radius 3 is 3.15 bits per heavy atom. The summed E-state index contributed by atoms with van der Waals surface area (Å²) in [5.41, 5.74) is 1.17. The van der Waals surface area contributed by atoms with Crippen molar-refractivity contribution in [3.8, 4) is 11.8 Å². The third kappa shape index (κ3) is 2.50. The number of rotatable bonds is 3. The van der Waals surface area contributed by atoms with Gasteiger partial charge in [-0.05, 0) is 25.0 Å². The molecule has 20 heavy (non-hydrogen) atoms. The molecule has 0 saturated carbocycles. The number of nitrogens with zero attached hydrogens (tertiary/aromatic N) is 3. The normalized spacial score (nSPS) is 18.7. The van der Waals surface area contributed by atoms with Crippen molar-refractivity contribution in [2.45, 2.75) is 25.7 Å². The van der Waals surface area contributed by atoms with E-state index in [1.54, 1.807) is 0 Å². The third-order valence-electron chi connectivity index (χ3n) is 3.43. The average molecular weight is 269 g/mol. The molecule has 5 heteroatoms. The van der Waals surface area contributed by atoms with Gasteiger partial charge in [0.25, 0.3) is 0 Å². The highest BCUT2D eigenvalue weighted by molar-refractivity contribution is 5.36. The standard InChI is InChI=1S/C15H15N3O2/c1-10(8-16)6-14-17-15(18-20-14)12-7-11-4-2-3-5-13(11)19-9-12/h2-5,10,12H,6-7,9H2,1H3. The first kappa shape index (κ1) is 12.7. The van der Waals surface area contributed by atoms with Crippen molar-refractivity contribution in [3.05, 3.63) is 41.5 Å². The van der Waals surface area contributed by atoms with Crippen LogP contribution in [0, 0.1) is 17.2 Å². The van der Waals surface area contributed by atoms with Gasteiger partial charge >= 0.3 is 0 Å². The van der Waals surface area contributed by atoms with E-state index in [2.05, 4.69) is 22.3 Å². The minimum absolute atomic E-state index is 0.111. The van der Waals surface area contributed by atoms with Crippen molar-refractivity contribution >= 4 is 0 Å². The fraction of sp³-hybridized carbons (Fsp3) is 0.400. The van der Waals surface area contributed by atoms with E-state index >= 15 is 0 Å². The summed E-state index contributed by atoms with van der Waals surface area (Å²) in [4.78, 5) is 4.39. The zero-order valence-corrected chi connectivity index (χ0v) is 11.2. The van der Waals surface area contributed by atoms with Gasteiger partial charge in [-0.3, -0.25) is 0 Å². The van der Waals surface area contributed by atoms with Gasteiger partial charge in [-0.25, -0.2) is 0 Å². The van der Waals surface area contributed by atoms with Crippen molar-refractivity contribution in [1.82, 2.24) is 10.1 Å². The Balaban J connectivity index is 1.74. The van der Waals surface area contributed by atoms with Crippen LogP contribution in [0.1, 0.15) is 30.1 Å². The van der Waals surface area contributed by atoms with E-state index in [1.807, 2.05) is 25.1 Å². The molecule has 0 amide bonds. The number of aromatic nitrogens is 2. The highest BCUT2D eigenvalue weighted by Crippen LogP contribution is 2.31. The van der Waals surface area contributed by atoms with Gasteiger partial charge in [-0.15, -0.1) is 0 Å². The van der Waals surface area contributed by atoms with Crippen LogP contribution in [0.2, 0.25) is 0 Å². The van der Waals surface area contributed by atoms with E-state index in [0.29, 0.717) is 24.7 Å². The van der Waals surface area contributed by atoms with Crippen LogP contribution in [0.15, 0.2) is 28.8 Å². The highest BCUT2D eigenvalue weighted by Gasteiger charge is 2.25. The molecule has 0 aliphatic carbocycles. The van der Waals surface area contributed by atoms with E-state index in [9.17, 15) is 0 Å². The molecule has 5 nitrogen and oxygen atoms in total. The summed E-state index contributed by atoms with van der Waals surface area (Å²) >= 11 is 0. The second kappa shape index (κ2) is 5.33. The minimum Gasteiger partial charge on any atom is -0.493 e. The van der Waals surface area contributed by atoms with Gasteiger partial charge in [-0.1, -0.05) is 23.4 Å². The Kier molecular flexibility index (Phi) is 3.38. The molecule has 2 unspecified atom stereocenters. The smallest absolute Gasteiger partial charge is 0.227 e. The summed E-state index contributed by atoms with van der Waals surface area (Å²) in [5, 5.41) is 12.8. The molecule has 1 aliphatic rings. The van der Waals surface area contributed by atoms with Crippen LogP contribution in [0.4, 0.5) is 0 Å². The first-order valence-electron chi connectivity index (χ1n) is 6.69. The quantitative estimate of drug-likeness (QED) is 0.856. The monoisotopic (exact) mass is 269 g/mol. The lowest BCUT2D eigenvalue weighted by molar-refractivity contribution is 0.253. The molecule has 0 radical (unpaired) electrons. The number of hydrogen-bond acceptors (Lipinski definition) is 5. The lowest BCUT2D eigenvalue weighted by Crippen LogP contribution is -2.20. The van der Waals surface area contributed by atoms with Crippen LogP contribution >= 0.6 is 0 Å². The average Bonchev–Trinajstić information content (AvgIpc) is 2.95.